The molecule has 12 heavy (non-hydrogen) atoms. The fraction of sp³-hybridized carbons (Fsp3) is 0.100. The number of allylic oxidation sites excluding steroid dienone is 1. The van der Waals surface area contributed by atoms with Gasteiger partial charge in [0.05, 0.1) is 5.69 Å². The Bertz CT molecular complexity index is 329. The third-order valence-electron chi connectivity index (χ3n) is 1.59. The predicted molar refractivity (Wildman–Crippen MR) is 50.3 cm³/mol. The molecule has 0 saturated carbocycles. The molecule has 0 aliphatic carbocycles. The number of rotatable bonds is 2. The molecular weight excluding hydrogens is 153 g/mol. The van der Waals surface area contributed by atoms with Crippen LogP contribution in [0.1, 0.15) is 12.5 Å². The number of hydrogen-bond acceptors (Lipinski definition) is 1. The maximum Gasteiger partial charge on any atom is 0.125 e. The minimum absolute atomic E-state index is 0.303. The van der Waals surface area contributed by atoms with Crippen molar-refractivity contribution in [3.63, 3.8) is 0 Å². The molecule has 0 fully saturated rings. The largest absolute Gasteiger partial charge is 0.264 e. The Balaban J connectivity index is 3.29. The molecule has 0 aliphatic rings. The van der Waals surface area contributed by atoms with E-state index in [1.165, 1.54) is 12.1 Å². The highest BCUT2D eigenvalue weighted by Gasteiger charge is 2.01. The first kappa shape index (κ1) is 8.65. The van der Waals surface area contributed by atoms with Crippen molar-refractivity contribution in [3.8, 4) is 0 Å². The zero-order valence-electron chi connectivity index (χ0n) is 6.97. The first-order chi connectivity index (χ1) is 5.65. The summed E-state index contributed by atoms with van der Waals surface area (Å²) in [4.78, 5) is 3.70. The van der Waals surface area contributed by atoms with Gasteiger partial charge in [0, 0.05) is 11.6 Å². The van der Waals surface area contributed by atoms with Crippen LogP contribution in [0.4, 0.5) is 10.1 Å². The molecule has 0 unspecified atom stereocenters. The van der Waals surface area contributed by atoms with Crippen LogP contribution in [0, 0.1) is 5.82 Å². The lowest BCUT2D eigenvalue weighted by molar-refractivity contribution is 0.628. The number of benzene rings is 1. The minimum atomic E-state index is -0.303. The summed E-state index contributed by atoms with van der Waals surface area (Å²) >= 11 is 0. The summed E-state index contributed by atoms with van der Waals surface area (Å²) in [6.07, 6.45) is 0. The Morgan fingerprint density at radius 3 is 2.67 bits per heavy atom. The van der Waals surface area contributed by atoms with Gasteiger partial charge in [-0.1, -0.05) is 6.58 Å². The van der Waals surface area contributed by atoms with Crippen molar-refractivity contribution < 1.29 is 4.39 Å². The standard InChI is InChI=1S/C10H10FN/c1-7(2)9-5-4-8(11)6-10(9)12-3/h4-6H,1,3H2,2H3. The molecular formula is C10H10FN. The molecule has 0 radical (unpaired) electrons. The molecule has 0 heterocycles. The van der Waals surface area contributed by atoms with Crippen molar-refractivity contribution in [1.29, 1.82) is 0 Å². The van der Waals surface area contributed by atoms with Gasteiger partial charge in [0.25, 0.3) is 0 Å². The first-order valence-electron chi connectivity index (χ1n) is 3.57. The van der Waals surface area contributed by atoms with Gasteiger partial charge in [0.1, 0.15) is 5.82 Å². The van der Waals surface area contributed by atoms with E-state index in [0.29, 0.717) is 5.69 Å². The smallest absolute Gasteiger partial charge is 0.125 e. The van der Waals surface area contributed by atoms with Gasteiger partial charge < -0.3 is 0 Å². The second-order valence-corrected chi connectivity index (χ2v) is 2.60. The van der Waals surface area contributed by atoms with E-state index in [-0.39, 0.29) is 5.82 Å². The summed E-state index contributed by atoms with van der Waals surface area (Å²) in [6.45, 7) is 8.96. The van der Waals surface area contributed by atoms with Crippen molar-refractivity contribution >= 4 is 18.0 Å². The number of aliphatic imine (C=N–C) groups is 1. The van der Waals surface area contributed by atoms with E-state index in [0.717, 1.165) is 11.1 Å². The number of halogens is 1. The van der Waals surface area contributed by atoms with E-state index in [4.69, 9.17) is 0 Å². The highest BCUT2D eigenvalue weighted by molar-refractivity contribution is 5.72. The van der Waals surface area contributed by atoms with Crippen LogP contribution in [0.2, 0.25) is 0 Å². The summed E-state index contributed by atoms with van der Waals surface area (Å²) in [7, 11) is 0. The lowest BCUT2D eigenvalue weighted by atomic mass is 10.1. The molecule has 1 aromatic rings. The molecule has 1 nitrogen and oxygen atoms in total. The maximum absolute atomic E-state index is 12.7. The summed E-state index contributed by atoms with van der Waals surface area (Å²) < 4.78 is 12.7. The fourth-order valence-electron chi connectivity index (χ4n) is 0.997. The van der Waals surface area contributed by atoms with Crippen molar-refractivity contribution in [3.05, 3.63) is 36.2 Å². The Morgan fingerprint density at radius 2 is 2.17 bits per heavy atom. The van der Waals surface area contributed by atoms with E-state index < -0.39 is 0 Å². The van der Waals surface area contributed by atoms with E-state index in [1.54, 1.807) is 6.07 Å². The lowest BCUT2D eigenvalue weighted by Gasteiger charge is -2.03. The SMILES string of the molecule is C=Nc1cc(F)ccc1C(=C)C. The second-order valence-electron chi connectivity index (χ2n) is 2.60. The Morgan fingerprint density at radius 1 is 1.50 bits per heavy atom. The summed E-state index contributed by atoms with van der Waals surface area (Å²) in [5.41, 5.74) is 2.24. The van der Waals surface area contributed by atoms with Crippen LogP contribution in [0.3, 0.4) is 0 Å². The van der Waals surface area contributed by atoms with Crippen molar-refractivity contribution in [2.24, 2.45) is 4.99 Å². The van der Waals surface area contributed by atoms with Gasteiger partial charge in [-0.25, -0.2) is 4.39 Å². The van der Waals surface area contributed by atoms with Gasteiger partial charge >= 0.3 is 0 Å². The normalized spacial score (nSPS) is 9.50. The highest BCUT2D eigenvalue weighted by Crippen LogP contribution is 2.25. The van der Waals surface area contributed by atoms with Gasteiger partial charge in [0.2, 0.25) is 0 Å². The van der Waals surface area contributed by atoms with Crippen LogP contribution < -0.4 is 0 Å². The highest BCUT2D eigenvalue weighted by atomic mass is 19.1. The van der Waals surface area contributed by atoms with Crippen LogP contribution >= 0.6 is 0 Å². The molecule has 1 aromatic carbocycles. The van der Waals surface area contributed by atoms with Gasteiger partial charge in [-0.15, -0.1) is 0 Å². The summed E-state index contributed by atoms with van der Waals surface area (Å²) in [6, 6.07) is 4.39. The predicted octanol–water partition coefficient (Wildman–Crippen LogP) is 3.19. The molecule has 2 heteroatoms. The van der Waals surface area contributed by atoms with Crippen LogP contribution in [0.15, 0.2) is 29.8 Å². The molecule has 0 spiro atoms. The second kappa shape index (κ2) is 3.30. The zero-order chi connectivity index (χ0) is 9.14. The van der Waals surface area contributed by atoms with Gasteiger partial charge in [-0.2, -0.15) is 0 Å². The molecule has 1 rings (SSSR count). The Kier molecular flexibility index (Phi) is 2.38. The molecule has 0 atom stereocenters. The van der Waals surface area contributed by atoms with Gasteiger partial charge in [-0.3, -0.25) is 4.99 Å². The molecule has 0 aliphatic heterocycles. The van der Waals surface area contributed by atoms with Crippen molar-refractivity contribution in [2.45, 2.75) is 6.92 Å². The third-order valence-corrected chi connectivity index (χ3v) is 1.59. The average molecular weight is 163 g/mol. The van der Waals surface area contributed by atoms with E-state index >= 15 is 0 Å². The Labute approximate surface area is 71.3 Å². The average Bonchev–Trinajstić information content (AvgIpc) is 2.03. The third kappa shape index (κ3) is 1.59. The molecule has 0 N–H and O–H groups in total. The number of nitrogens with zero attached hydrogens (tertiary/aromatic N) is 1. The monoisotopic (exact) mass is 163 g/mol. The minimum Gasteiger partial charge on any atom is -0.264 e. The lowest BCUT2D eigenvalue weighted by Crippen LogP contribution is -1.81. The first-order valence-corrected chi connectivity index (χ1v) is 3.57. The Hall–Kier alpha value is -1.44. The van der Waals surface area contributed by atoms with Crippen LogP contribution in [0.5, 0.6) is 0 Å². The summed E-state index contributed by atoms with van der Waals surface area (Å²) in [5, 5.41) is 0. The summed E-state index contributed by atoms with van der Waals surface area (Å²) in [5.74, 6) is -0.303. The van der Waals surface area contributed by atoms with Crippen LogP contribution in [0.25, 0.3) is 5.57 Å². The van der Waals surface area contributed by atoms with Crippen molar-refractivity contribution in [2.75, 3.05) is 0 Å². The molecule has 0 bridgehead atoms. The topological polar surface area (TPSA) is 12.4 Å². The van der Waals surface area contributed by atoms with Gasteiger partial charge in [-0.05, 0) is 31.3 Å². The molecule has 0 amide bonds. The quantitative estimate of drug-likeness (QED) is 0.594. The fourth-order valence-corrected chi connectivity index (χ4v) is 0.997. The van der Waals surface area contributed by atoms with Crippen LogP contribution in [-0.2, 0) is 0 Å². The zero-order valence-corrected chi connectivity index (χ0v) is 6.97. The molecule has 0 aromatic heterocycles. The number of hydrogen-bond donors (Lipinski definition) is 0. The van der Waals surface area contributed by atoms with E-state index in [1.807, 2.05) is 6.92 Å². The van der Waals surface area contributed by atoms with Crippen LogP contribution in [-0.4, -0.2) is 6.72 Å². The van der Waals surface area contributed by atoms with E-state index in [9.17, 15) is 4.39 Å². The van der Waals surface area contributed by atoms with Crippen molar-refractivity contribution in [1.82, 2.24) is 0 Å². The molecule has 0 saturated heterocycles. The van der Waals surface area contributed by atoms with E-state index in [2.05, 4.69) is 18.3 Å². The van der Waals surface area contributed by atoms with Gasteiger partial charge in [0.15, 0.2) is 0 Å². The molecule has 62 valence electrons. The maximum atomic E-state index is 12.7.